The van der Waals surface area contributed by atoms with Crippen LogP contribution in [0.15, 0.2) is 0 Å². The SMILES string of the molecule is O=C(O)OCCCCCNCCO. The molecule has 0 atom stereocenters. The molecule has 0 aromatic heterocycles. The highest BCUT2D eigenvalue weighted by molar-refractivity contribution is 5.56. The van der Waals surface area contributed by atoms with Gasteiger partial charge in [0.25, 0.3) is 0 Å². The molecule has 0 heterocycles. The molecule has 13 heavy (non-hydrogen) atoms. The van der Waals surface area contributed by atoms with Gasteiger partial charge < -0.3 is 20.3 Å². The quantitative estimate of drug-likeness (QED) is 0.383. The summed E-state index contributed by atoms with van der Waals surface area (Å²) < 4.78 is 4.33. The molecule has 0 amide bonds. The van der Waals surface area contributed by atoms with E-state index in [0.717, 1.165) is 25.8 Å². The molecular weight excluding hydrogens is 174 g/mol. The summed E-state index contributed by atoms with van der Waals surface area (Å²) in [6.45, 7) is 1.90. The average molecular weight is 191 g/mol. The first-order valence-corrected chi connectivity index (χ1v) is 4.44. The fourth-order valence-electron chi connectivity index (χ4n) is 0.892. The van der Waals surface area contributed by atoms with Crippen LogP contribution >= 0.6 is 0 Å². The van der Waals surface area contributed by atoms with Crippen molar-refractivity contribution in [1.82, 2.24) is 5.32 Å². The second-order valence-electron chi connectivity index (χ2n) is 2.65. The molecule has 0 rings (SSSR count). The van der Waals surface area contributed by atoms with Crippen LogP contribution in [-0.2, 0) is 4.74 Å². The Morgan fingerprint density at radius 1 is 1.23 bits per heavy atom. The van der Waals surface area contributed by atoms with Gasteiger partial charge >= 0.3 is 6.16 Å². The van der Waals surface area contributed by atoms with Crippen LogP contribution in [-0.4, -0.2) is 42.7 Å². The van der Waals surface area contributed by atoms with Gasteiger partial charge in [0.15, 0.2) is 0 Å². The maximum atomic E-state index is 9.91. The second kappa shape index (κ2) is 9.28. The summed E-state index contributed by atoms with van der Waals surface area (Å²) in [6.07, 6.45) is 1.46. The summed E-state index contributed by atoms with van der Waals surface area (Å²) in [4.78, 5) is 9.91. The molecule has 0 aliphatic carbocycles. The van der Waals surface area contributed by atoms with Crippen molar-refractivity contribution in [3.8, 4) is 0 Å². The van der Waals surface area contributed by atoms with Gasteiger partial charge in [-0.2, -0.15) is 0 Å². The molecular formula is C8H17NO4. The van der Waals surface area contributed by atoms with E-state index in [9.17, 15) is 4.79 Å². The molecule has 0 bridgehead atoms. The highest BCUT2D eigenvalue weighted by Crippen LogP contribution is 1.94. The molecule has 0 aliphatic rings. The Morgan fingerprint density at radius 3 is 2.62 bits per heavy atom. The lowest BCUT2D eigenvalue weighted by Crippen LogP contribution is -2.19. The highest BCUT2D eigenvalue weighted by atomic mass is 16.7. The van der Waals surface area contributed by atoms with Crippen LogP contribution in [0.2, 0.25) is 0 Å². The summed E-state index contributed by atoms with van der Waals surface area (Å²) in [5.74, 6) is 0. The average Bonchev–Trinajstić information content (AvgIpc) is 2.09. The predicted molar refractivity (Wildman–Crippen MR) is 47.8 cm³/mol. The van der Waals surface area contributed by atoms with E-state index in [0.29, 0.717) is 6.54 Å². The van der Waals surface area contributed by atoms with E-state index in [1.54, 1.807) is 0 Å². The normalized spacial score (nSPS) is 9.92. The van der Waals surface area contributed by atoms with Crippen LogP contribution in [0.4, 0.5) is 4.79 Å². The Balaban J connectivity index is 2.87. The van der Waals surface area contributed by atoms with E-state index in [4.69, 9.17) is 10.2 Å². The molecule has 0 aromatic carbocycles. The Hall–Kier alpha value is -0.810. The number of rotatable bonds is 8. The molecule has 0 radical (unpaired) electrons. The lowest BCUT2D eigenvalue weighted by molar-refractivity contribution is 0.0900. The summed E-state index contributed by atoms with van der Waals surface area (Å²) in [5, 5.41) is 19.6. The fourth-order valence-corrected chi connectivity index (χ4v) is 0.892. The van der Waals surface area contributed by atoms with Crippen molar-refractivity contribution >= 4 is 6.16 Å². The molecule has 0 aromatic rings. The van der Waals surface area contributed by atoms with Gasteiger partial charge in [0.1, 0.15) is 0 Å². The zero-order chi connectivity index (χ0) is 9.94. The van der Waals surface area contributed by atoms with E-state index < -0.39 is 6.16 Å². The Morgan fingerprint density at radius 2 is 2.00 bits per heavy atom. The number of unbranched alkanes of at least 4 members (excludes halogenated alkanes) is 2. The van der Waals surface area contributed by atoms with Crippen molar-refractivity contribution in [1.29, 1.82) is 0 Å². The van der Waals surface area contributed by atoms with Crippen molar-refractivity contribution in [2.75, 3.05) is 26.3 Å². The smallest absolute Gasteiger partial charge is 0.450 e. The molecule has 0 fully saturated rings. The number of carbonyl (C=O) groups is 1. The lowest BCUT2D eigenvalue weighted by Gasteiger charge is -2.02. The van der Waals surface area contributed by atoms with Gasteiger partial charge in [-0.25, -0.2) is 4.79 Å². The fraction of sp³-hybridized carbons (Fsp3) is 0.875. The molecule has 5 heteroatoms. The van der Waals surface area contributed by atoms with Crippen molar-refractivity contribution in [3.63, 3.8) is 0 Å². The van der Waals surface area contributed by atoms with E-state index in [1.165, 1.54) is 0 Å². The van der Waals surface area contributed by atoms with Gasteiger partial charge in [0, 0.05) is 6.54 Å². The summed E-state index contributed by atoms with van der Waals surface area (Å²) >= 11 is 0. The first-order valence-electron chi connectivity index (χ1n) is 4.44. The molecule has 0 saturated heterocycles. The molecule has 78 valence electrons. The molecule has 3 N–H and O–H groups in total. The van der Waals surface area contributed by atoms with Gasteiger partial charge in [-0.15, -0.1) is 0 Å². The van der Waals surface area contributed by atoms with Gasteiger partial charge in [-0.05, 0) is 25.8 Å². The zero-order valence-electron chi connectivity index (χ0n) is 7.66. The van der Waals surface area contributed by atoms with E-state index in [2.05, 4.69) is 10.1 Å². The third-order valence-electron chi connectivity index (χ3n) is 1.51. The van der Waals surface area contributed by atoms with Crippen LogP contribution in [0.5, 0.6) is 0 Å². The Kier molecular flexibility index (Phi) is 8.70. The predicted octanol–water partition coefficient (Wildman–Crippen LogP) is 0.433. The Labute approximate surface area is 77.7 Å². The van der Waals surface area contributed by atoms with Gasteiger partial charge in [-0.1, -0.05) is 0 Å². The van der Waals surface area contributed by atoms with Crippen LogP contribution in [0, 0.1) is 0 Å². The van der Waals surface area contributed by atoms with Gasteiger partial charge in [0.05, 0.1) is 13.2 Å². The minimum atomic E-state index is -1.21. The van der Waals surface area contributed by atoms with E-state index in [1.807, 2.05) is 0 Å². The number of hydrogen-bond acceptors (Lipinski definition) is 4. The second-order valence-corrected chi connectivity index (χ2v) is 2.65. The highest BCUT2D eigenvalue weighted by Gasteiger charge is 1.95. The van der Waals surface area contributed by atoms with Crippen molar-refractivity contribution in [2.24, 2.45) is 0 Å². The number of hydrogen-bond donors (Lipinski definition) is 3. The lowest BCUT2D eigenvalue weighted by atomic mass is 10.2. The maximum absolute atomic E-state index is 9.91. The van der Waals surface area contributed by atoms with Crippen molar-refractivity contribution < 1.29 is 19.7 Å². The Bertz CT molecular complexity index is 129. The first-order chi connectivity index (χ1) is 6.27. The molecule has 0 spiro atoms. The number of aliphatic hydroxyl groups is 1. The van der Waals surface area contributed by atoms with Gasteiger partial charge in [0.2, 0.25) is 0 Å². The number of nitrogens with one attached hydrogen (secondary N) is 1. The van der Waals surface area contributed by atoms with Crippen molar-refractivity contribution in [2.45, 2.75) is 19.3 Å². The number of ether oxygens (including phenoxy) is 1. The first kappa shape index (κ1) is 12.2. The van der Waals surface area contributed by atoms with Crippen LogP contribution in [0.1, 0.15) is 19.3 Å². The minimum absolute atomic E-state index is 0.155. The third kappa shape index (κ3) is 11.2. The standard InChI is InChI=1S/C8H17NO4/c10-6-5-9-4-2-1-3-7-13-8(11)12/h9-10H,1-7H2,(H,11,12). The van der Waals surface area contributed by atoms with E-state index in [-0.39, 0.29) is 13.2 Å². The van der Waals surface area contributed by atoms with Gasteiger partial charge in [-0.3, -0.25) is 0 Å². The summed E-state index contributed by atoms with van der Waals surface area (Å²) in [6, 6.07) is 0. The third-order valence-corrected chi connectivity index (χ3v) is 1.51. The maximum Gasteiger partial charge on any atom is 0.505 e. The minimum Gasteiger partial charge on any atom is -0.450 e. The monoisotopic (exact) mass is 191 g/mol. The summed E-state index contributed by atoms with van der Waals surface area (Å²) in [7, 11) is 0. The van der Waals surface area contributed by atoms with Crippen LogP contribution in [0.3, 0.4) is 0 Å². The molecule has 0 saturated carbocycles. The topological polar surface area (TPSA) is 78.8 Å². The summed E-state index contributed by atoms with van der Waals surface area (Å²) in [5.41, 5.74) is 0. The van der Waals surface area contributed by atoms with Crippen molar-refractivity contribution in [3.05, 3.63) is 0 Å². The molecule has 5 nitrogen and oxygen atoms in total. The van der Waals surface area contributed by atoms with Crippen LogP contribution in [0.25, 0.3) is 0 Å². The number of aliphatic hydroxyl groups excluding tert-OH is 1. The zero-order valence-corrected chi connectivity index (χ0v) is 7.66. The molecule has 0 aliphatic heterocycles. The molecule has 0 unspecified atom stereocenters. The van der Waals surface area contributed by atoms with Crippen LogP contribution < -0.4 is 5.32 Å². The largest absolute Gasteiger partial charge is 0.505 e. The van der Waals surface area contributed by atoms with E-state index >= 15 is 0 Å². The number of carboxylic acid groups (broad SMARTS) is 1.